The summed E-state index contributed by atoms with van der Waals surface area (Å²) < 4.78 is 53.4. The average Bonchev–Trinajstić information content (AvgIpc) is 3.19. The van der Waals surface area contributed by atoms with E-state index >= 15 is 0 Å². The Balaban J connectivity index is 1.42. The Hall–Kier alpha value is -2.36. The number of anilines is 1. The summed E-state index contributed by atoms with van der Waals surface area (Å²) >= 11 is 0. The molecule has 6 nitrogen and oxygen atoms in total. The maximum atomic E-state index is 13.5. The van der Waals surface area contributed by atoms with E-state index in [-0.39, 0.29) is 29.9 Å². The average molecular weight is 435 g/mol. The van der Waals surface area contributed by atoms with Crippen LogP contribution >= 0.6 is 0 Å². The van der Waals surface area contributed by atoms with Crippen LogP contribution in [0.1, 0.15) is 12.5 Å². The van der Waals surface area contributed by atoms with Gasteiger partial charge in [-0.1, -0.05) is 18.2 Å². The van der Waals surface area contributed by atoms with Crippen LogP contribution in [0.4, 0.5) is 14.5 Å². The molecule has 9 heteroatoms. The summed E-state index contributed by atoms with van der Waals surface area (Å²) in [5, 5.41) is 0. The SMILES string of the molecule is CC(C(=O)N1CCc2ccccc21)N1CCN(S(=O)(=O)c2ccc(F)c(F)c2)CC1. The third kappa shape index (κ3) is 3.73. The van der Waals surface area contributed by atoms with Crippen molar-refractivity contribution in [1.29, 1.82) is 0 Å². The van der Waals surface area contributed by atoms with Gasteiger partial charge >= 0.3 is 0 Å². The highest BCUT2D eigenvalue weighted by molar-refractivity contribution is 7.89. The summed E-state index contributed by atoms with van der Waals surface area (Å²) in [6.07, 6.45) is 0.828. The van der Waals surface area contributed by atoms with E-state index in [2.05, 4.69) is 0 Å². The van der Waals surface area contributed by atoms with Crippen LogP contribution in [-0.4, -0.2) is 62.3 Å². The number of piperazine rings is 1. The van der Waals surface area contributed by atoms with Gasteiger partial charge in [0.15, 0.2) is 11.6 Å². The van der Waals surface area contributed by atoms with Crippen molar-refractivity contribution in [3.8, 4) is 0 Å². The van der Waals surface area contributed by atoms with Crippen LogP contribution in [0, 0.1) is 11.6 Å². The summed E-state index contributed by atoms with van der Waals surface area (Å²) in [6, 6.07) is 10.0. The second-order valence-electron chi connectivity index (χ2n) is 7.56. The Morgan fingerprint density at radius 1 is 0.967 bits per heavy atom. The quantitative estimate of drug-likeness (QED) is 0.739. The number of para-hydroxylation sites is 1. The van der Waals surface area contributed by atoms with Gasteiger partial charge in [0.25, 0.3) is 0 Å². The smallest absolute Gasteiger partial charge is 0.244 e. The van der Waals surface area contributed by atoms with Gasteiger partial charge in [-0.05, 0) is 43.2 Å². The second kappa shape index (κ2) is 8.05. The van der Waals surface area contributed by atoms with Crippen molar-refractivity contribution in [2.45, 2.75) is 24.3 Å². The molecule has 1 atom stereocenters. The van der Waals surface area contributed by atoms with Crippen LogP contribution in [0.3, 0.4) is 0 Å². The molecule has 0 aliphatic carbocycles. The first-order valence-electron chi connectivity index (χ1n) is 9.87. The van der Waals surface area contributed by atoms with Crippen molar-refractivity contribution in [1.82, 2.24) is 9.21 Å². The predicted molar refractivity (Wildman–Crippen MR) is 109 cm³/mol. The van der Waals surface area contributed by atoms with E-state index in [0.29, 0.717) is 25.7 Å². The summed E-state index contributed by atoms with van der Waals surface area (Å²) in [5.74, 6) is -2.29. The normalized spacial score (nSPS) is 19.0. The maximum absolute atomic E-state index is 13.5. The molecule has 0 spiro atoms. The molecule has 30 heavy (non-hydrogen) atoms. The van der Waals surface area contributed by atoms with Gasteiger partial charge in [-0.25, -0.2) is 17.2 Å². The van der Waals surface area contributed by atoms with Crippen LogP contribution in [-0.2, 0) is 21.2 Å². The first-order valence-corrected chi connectivity index (χ1v) is 11.3. The van der Waals surface area contributed by atoms with E-state index in [4.69, 9.17) is 0 Å². The number of halogens is 2. The van der Waals surface area contributed by atoms with Crippen molar-refractivity contribution < 1.29 is 22.0 Å². The number of rotatable bonds is 4. The van der Waals surface area contributed by atoms with Gasteiger partial charge in [-0.3, -0.25) is 9.69 Å². The lowest BCUT2D eigenvalue weighted by molar-refractivity contribution is -0.123. The van der Waals surface area contributed by atoms with Gasteiger partial charge in [0.05, 0.1) is 10.9 Å². The van der Waals surface area contributed by atoms with Gasteiger partial charge in [-0.15, -0.1) is 0 Å². The molecule has 2 aromatic carbocycles. The van der Waals surface area contributed by atoms with Crippen molar-refractivity contribution in [3.05, 3.63) is 59.7 Å². The third-order valence-electron chi connectivity index (χ3n) is 5.86. The monoisotopic (exact) mass is 435 g/mol. The molecule has 1 unspecified atom stereocenters. The van der Waals surface area contributed by atoms with Gasteiger partial charge in [-0.2, -0.15) is 4.31 Å². The van der Waals surface area contributed by atoms with E-state index in [9.17, 15) is 22.0 Å². The summed E-state index contributed by atoms with van der Waals surface area (Å²) in [6.45, 7) is 3.59. The number of benzene rings is 2. The Morgan fingerprint density at radius 3 is 2.37 bits per heavy atom. The minimum atomic E-state index is -3.92. The molecule has 2 aliphatic rings. The summed E-state index contributed by atoms with van der Waals surface area (Å²) in [4.78, 5) is 16.5. The van der Waals surface area contributed by atoms with E-state index < -0.39 is 21.7 Å². The molecule has 0 saturated carbocycles. The fourth-order valence-corrected chi connectivity index (χ4v) is 5.50. The molecule has 4 rings (SSSR count). The maximum Gasteiger partial charge on any atom is 0.244 e. The van der Waals surface area contributed by atoms with E-state index in [1.807, 2.05) is 36.1 Å². The van der Waals surface area contributed by atoms with Crippen LogP contribution in [0.2, 0.25) is 0 Å². The molecule has 2 heterocycles. The predicted octanol–water partition coefficient (Wildman–Crippen LogP) is 2.25. The highest BCUT2D eigenvalue weighted by Crippen LogP contribution is 2.29. The van der Waals surface area contributed by atoms with Crippen molar-refractivity contribution in [2.75, 3.05) is 37.6 Å². The topological polar surface area (TPSA) is 60.9 Å². The number of nitrogens with zero attached hydrogens (tertiary/aromatic N) is 3. The van der Waals surface area contributed by atoms with Crippen LogP contribution in [0.25, 0.3) is 0 Å². The van der Waals surface area contributed by atoms with Gasteiger partial charge in [0.1, 0.15) is 0 Å². The zero-order valence-corrected chi connectivity index (χ0v) is 17.4. The fourth-order valence-electron chi connectivity index (χ4n) is 4.07. The molecule has 0 N–H and O–H groups in total. The number of hydrogen-bond acceptors (Lipinski definition) is 4. The standard InChI is InChI=1S/C21H23F2N3O3S/c1-15(21(27)26-9-8-16-4-2-3-5-20(16)26)24-10-12-25(13-11-24)30(28,29)17-6-7-18(22)19(23)14-17/h2-7,14-15H,8-13H2,1H3. The van der Waals surface area contributed by atoms with Gasteiger partial charge < -0.3 is 4.90 Å². The minimum absolute atomic E-state index is 0.00290. The second-order valence-corrected chi connectivity index (χ2v) is 9.50. The number of sulfonamides is 1. The third-order valence-corrected chi connectivity index (χ3v) is 7.76. The number of amides is 1. The molecule has 1 saturated heterocycles. The first kappa shape index (κ1) is 20.9. The molecule has 160 valence electrons. The summed E-state index contributed by atoms with van der Waals surface area (Å²) in [5.41, 5.74) is 2.09. The Kier molecular flexibility index (Phi) is 5.61. The van der Waals surface area contributed by atoms with Crippen LogP contribution < -0.4 is 4.90 Å². The fraction of sp³-hybridized carbons (Fsp3) is 0.381. The van der Waals surface area contributed by atoms with Crippen molar-refractivity contribution >= 4 is 21.6 Å². The highest BCUT2D eigenvalue weighted by atomic mass is 32.2. The molecule has 0 bridgehead atoms. The van der Waals surface area contributed by atoms with Crippen molar-refractivity contribution in [3.63, 3.8) is 0 Å². The lowest BCUT2D eigenvalue weighted by atomic mass is 10.1. The Labute approximate surface area is 174 Å². The molecule has 0 radical (unpaired) electrons. The molecule has 1 fully saturated rings. The number of carbonyl (C=O) groups excluding carboxylic acids is 1. The van der Waals surface area contributed by atoms with Crippen molar-refractivity contribution in [2.24, 2.45) is 0 Å². The molecule has 1 amide bonds. The zero-order chi connectivity index (χ0) is 21.5. The first-order chi connectivity index (χ1) is 14.3. The minimum Gasteiger partial charge on any atom is -0.310 e. The molecule has 2 aliphatic heterocycles. The number of carbonyl (C=O) groups is 1. The van der Waals surface area contributed by atoms with E-state index in [1.165, 1.54) is 4.31 Å². The lowest BCUT2D eigenvalue weighted by Gasteiger charge is -2.38. The highest BCUT2D eigenvalue weighted by Gasteiger charge is 2.35. The van der Waals surface area contributed by atoms with Crippen LogP contribution in [0.15, 0.2) is 47.4 Å². The zero-order valence-electron chi connectivity index (χ0n) is 16.6. The lowest BCUT2D eigenvalue weighted by Crippen LogP contribution is -2.55. The largest absolute Gasteiger partial charge is 0.310 e. The molecule has 0 aromatic heterocycles. The van der Waals surface area contributed by atoms with E-state index in [1.54, 1.807) is 4.90 Å². The Morgan fingerprint density at radius 2 is 1.67 bits per heavy atom. The van der Waals surface area contributed by atoms with E-state index in [0.717, 1.165) is 29.8 Å². The number of fused-ring (bicyclic) bond motifs is 1. The molecule has 2 aromatic rings. The number of hydrogen-bond donors (Lipinski definition) is 0. The summed E-state index contributed by atoms with van der Waals surface area (Å²) in [7, 11) is -3.92. The van der Waals surface area contributed by atoms with Crippen LogP contribution in [0.5, 0.6) is 0 Å². The molecular weight excluding hydrogens is 412 g/mol. The van der Waals surface area contributed by atoms with Gasteiger partial charge in [0.2, 0.25) is 15.9 Å². The molecular formula is C21H23F2N3O3S. The van der Waals surface area contributed by atoms with Gasteiger partial charge in [0, 0.05) is 38.4 Å². The Bertz CT molecular complexity index is 1070.